The van der Waals surface area contributed by atoms with E-state index >= 15 is 0 Å². The van der Waals surface area contributed by atoms with Gasteiger partial charge in [0.2, 0.25) is 11.9 Å². The summed E-state index contributed by atoms with van der Waals surface area (Å²) < 4.78 is 7.40. The number of ether oxygens (including phenoxy) is 1. The number of fused-ring (bicyclic) bond motifs is 1. The van der Waals surface area contributed by atoms with Crippen LogP contribution < -0.4 is 15.8 Å². The Bertz CT molecular complexity index is 846. The lowest BCUT2D eigenvalue weighted by Gasteiger charge is -2.32. The minimum atomic E-state index is 0.00686. The van der Waals surface area contributed by atoms with E-state index in [4.69, 9.17) is 10.5 Å². The van der Waals surface area contributed by atoms with Gasteiger partial charge in [-0.15, -0.1) is 5.10 Å². The Hall–Kier alpha value is -3.02. The molecule has 0 spiro atoms. The van der Waals surface area contributed by atoms with Gasteiger partial charge < -0.3 is 15.8 Å². The fraction of sp³-hybridized carbons (Fsp3) is 0.222. The van der Waals surface area contributed by atoms with Gasteiger partial charge in [0.25, 0.3) is 0 Å². The molecule has 122 valence electrons. The van der Waals surface area contributed by atoms with Crippen molar-refractivity contribution < 1.29 is 4.74 Å². The third-order valence-electron chi connectivity index (χ3n) is 4.41. The molecule has 0 bridgehead atoms. The molecule has 0 aliphatic carbocycles. The van der Waals surface area contributed by atoms with Gasteiger partial charge >= 0.3 is 0 Å². The molecule has 1 aliphatic heterocycles. The third kappa shape index (κ3) is 2.46. The number of methoxy groups -OCH3 is 1. The smallest absolute Gasteiger partial charge is 0.241 e. The van der Waals surface area contributed by atoms with Gasteiger partial charge in [0, 0.05) is 5.56 Å². The molecule has 0 unspecified atom stereocenters. The zero-order valence-electron chi connectivity index (χ0n) is 13.4. The van der Waals surface area contributed by atoms with E-state index in [0.29, 0.717) is 5.95 Å². The van der Waals surface area contributed by atoms with Gasteiger partial charge in [0.05, 0.1) is 19.2 Å². The number of hydrogen-bond donors (Lipinski definition) is 2. The van der Waals surface area contributed by atoms with Crippen molar-refractivity contribution in [3.63, 3.8) is 0 Å². The summed E-state index contributed by atoms with van der Waals surface area (Å²) in [5, 5.41) is 7.82. The second-order valence-electron chi connectivity index (χ2n) is 5.84. The number of nitrogen functional groups attached to an aromatic ring is 1. The highest BCUT2D eigenvalue weighted by Gasteiger charge is 2.32. The van der Waals surface area contributed by atoms with Gasteiger partial charge in [-0.25, -0.2) is 4.68 Å². The van der Waals surface area contributed by atoms with Gasteiger partial charge in [-0.2, -0.15) is 4.98 Å². The Balaban J connectivity index is 1.80. The van der Waals surface area contributed by atoms with E-state index in [1.165, 1.54) is 5.56 Å². The van der Waals surface area contributed by atoms with Gasteiger partial charge in [0.15, 0.2) is 0 Å². The van der Waals surface area contributed by atoms with Crippen LogP contribution in [0.4, 0.5) is 11.9 Å². The average molecular weight is 321 g/mol. The summed E-state index contributed by atoms with van der Waals surface area (Å²) in [5.74, 6) is 1.80. The van der Waals surface area contributed by atoms with E-state index in [1.54, 1.807) is 7.11 Å². The van der Waals surface area contributed by atoms with Gasteiger partial charge in [0.1, 0.15) is 5.75 Å². The molecule has 2 atom stereocenters. The predicted octanol–water partition coefficient (Wildman–Crippen LogP) is 3.02. The van der Waals surface area contributed by atoms with Crippen LogP contribution in [0.1, 0.15) is 29.6 Å². The fourth-order valence-corrected chi connectivity index (χ4v) is 3.30. The maximum Gasteiger partial charge on any atom is 0.241 e. The minimum absolute atomic E-state index is 0.00686. The van der Waals surface area contributed by atoms with Crippen molar-refractivity contribution in [1.29, 1.82) is 0 Å². The summed E-state index contributed by atoms with van der Waals surface area (Å²) in [6.07, 6.45) is 0.834. The normalized spacial score (nSPS) is 19.4. The lowest BCUT2D eigenvalue weighted by atomic mass is 9.93. The molecular weight excluding hydrogens is 302 g/mol. The Morgan fingerprint density at radius 1 is 1.12 bits per heavy atom. The summed E-state index contributed by atoms with van der Waals surface area (Å²) in [5.41, 5.74) is 8.13. The topological polar surface area (TPSA) is 78.0 Å². The summed E-state index contributed by atoms with van der Waals surface area (Å²) in [4.78, 5) is 4.34. The molecule has 0 saturated carbocycles. The Kier molecular flexibility index (Phi) is 3.57. The molecule has 0 fully saturated rings. The molecule has 2 heterocycles. The summed E-state index contributed by atoms with van der Waals surface area (Å²) in [6, 6.07) is 18.5. The standard InChI is InChI=1S/C18H19N5O/c1-24-16-10-6-5-9-13(16)15-11-14(12-7-3-2-4-8-12)20-18-21-17(19)22-23(15)18/h2-10,14-15H,11H2,1H3,(H3,19,20,21,22)/t14-,15-/m0/s1. The average Bonchev–Trinajstić information content (AvgIpc) is 3.01. The van der Waals surface area contributed by atoms with Gasteiger partial charge in [-0.1, -0.05) is 48.5 Å². The number of rotatable bonds is 3. The first-order valence-corrected chi connectivity index (χ1v) is 7.92. The van der Waals surface area contributed by atoms with Crippen molar-refractivity contribution in [2.75, 3.05) is 18.2 Å². The first kappa shape index (κ1) is 14.6. The lowest BCUT2D eigenvalue weighted by molar-refractivity contribution is 0.380. The van der Waals surface area contributed by atoms with Crippen molar-refractivity contribution in [2.45, 2.75) is 18.5 Å². The van der Waals surface area contributed by atoms with Crippen LogP contribution in [0.2, 0.25) is 0 Å². The lowest BCUT2D eigenvalue weighted by Crippen LogP contribution is -2.28. The monoisotopic (exact) mass is 321 g/mol. The molecule has 0 amide bonds. The largest absolute Gasteiger partial charge is 0.496 e. The number of para-hydroxylation sites is 1. The first-order valence-electron chi connectivity index (χ1n) is 7.92. The van der Waals surface area contributed by atoms with Crippen molar-refractivity contribution in [1.82, 2.24) is 14.8 Å². The van der Waals surface area contributed by atoms with E-state index in [1.807, 2.05) is 41.1 Å². The molecule has 3 aromatic rings. The van der Waals surface area contributed by atoms with E-state index in [-0.39, 0.29) is 18.0 Å². The molecule has 6 heteroatoms. The van der Waals surface area contributed by atoms with Gasteiger partial charge in [-0.05, 0) is 18.1 Å². The zero-order chi connectivity index (χ0) is 16.5. The van der Waals surface area contributed by atoms with Crippen molar-refractivity contribution >= 4 is 11.9 Å². The quantitative estimate of drug-likeness (QED) is 0.775. The third-order valence-corrected chi connectivity index (χ3v) is 4.41. The van der Waals surface area contributed by atoms with Crippen LogP contribution in [0.3, 0.4) is 0 Å². The highest BCUT2D eigenvalue weighted by molar-refractivity contribution is 5.44. The molecule has 0 radical (unpaired) electrons. The molecule has 2 aromatic carbocycles. The molecule has 1 aliphatic rings. The molecule has 3 N–H and O–H groups in total. The van der Waals surface area contributed by atoms with Crippen molar-refractivity contribution in [3.8, 4) is 5.75 Å². The molecule has 1 aromatic heterocycles. The van der Waals surface area contributed by atoms with Crippen LogP contribution in [-0.4, -0.2) is 21.9 Å². The first-order chi connectivity index (χ1) is 11.8. The van der Waals surface area contributed by atoms with E-state index in [9.17, 15) is 0 Å². The molecule has 4 rings (SSSR count). The van der Waals surface area contributed by atoms with Crippen LogP contribution in [0.5, 0.6) is 5.75 Å². The van der Waals surface area contributed by atoms with E-state index in [2.05, 4.69) is 33.6 Å². The molecular formula is C18H19N5O. The summed E-state index contributed by atoms with van der Waals surface area (Å²) in [6.45, 7) is 0. The number of benzene rings is 2. The van der Waals surface area contributed by atoms with Crippen molar-refractivity contribution in [2.24, 2.45) is 0 Å². The zero-order valence-corrected chi connectivity index (χ0v) is 13.4. The van der Waals surface area contributed by atoms with E-state index in [0.717, 1.165) is 17.7 Å². The molecule has 0 saturated heterocycles. The summed E-state index contributed by atoms with van der Waals surface area (Å²) in [7, 11) is 1.69. The predicted molar refractivity (Wildman–Crippen MR) is 93.0 cm³/mol. The molecule has 24 heavy (non-hydrogen) atoms. The second kappa shape index (κ2) is 5.88. The van der Waals surface area contributed by atoms with Crippen molar-refractivity contribution in [3.05, 3.63) is 65.7 Å². The SMILES string of the molecule is COc1ccccc1[C@@H]1C[C@@H](c2ccccc2)Nc2nc(N)nn21. The van der Waals surface area contributed by atoms with Crippen LogP contribution in [0.15, 0.2) is 54.6 Å². The number of nitrogens with two attached hydrogens (primary N) is 1. The second-order valence-corrected chi connectivity index (χ2v) is 5.84. The van der Waals surface area contributed by atoms with E-state index < -0.39 is 0 Å². The number of hydrogen-bond acceptors (Lipinski definition) is 5. The van der Waals surface area contributed by atoms with Crippen LogP contribution in [0, 0.1) is 0 Å². The minimum Gasteiger partial charge on any atom is -0.496 e. The maximum absolute atomic E-state index is 5.84. The summed E-state index contributed by atoms with van der Waals surface area (Å²) >= 11 is 0. The number of aromatic nitrogens is 3. The number of nitrogens with zero attached hydrogens (tertiary/aromatic N) is 3. The number of nitrogens with one attached hydrogen (secondary N) is 1. The molecule has 6 nitrogen and oxygen atoms in total. The number of anilines is 2. The Labute approximate surface area is 140 Å². The Morgan fingerprint density at radius 2 is 1.88 bits per heavy atom. The van der Waals surface area contributed by atoms with Crippen LogP contribution in [0.25, 0.3) is 0 Å². The fourth-order valence-electron chi connectivity index (χ4n) is 3.30. The van der Waals surface area contributed by atoms with Gasteiger partial charge in [-0.3, -0.25) is 0 Å². The highest BCUT2D eigenvalue weighted by atomic mass is 16.5. The Morgan fingerprint density at radius 3 is 2.67 bits per heavy atom. The maximum atomic E-state index is 5.84. The van der Waals surface area contributed by atoms with Crippen LogP contribution >= 0.6 is 0 Å². The highest BCUT2D eigenvalue weighted by Crippen LogP contribution is 2.40. The van der Waals surface area contributed by atoms with Crippen LogP contribution in [-0.2, 0) is 0 Å².